The van der Waals surface area contributed by atoms with Crippen molar-refractivity contribution in [2.24, 2.45) is 5.92 Å². The second-order valence-corrected chi connectivity index (χ2v) is 7.08. The molecule has 1 aliphatic rings. The lowest BCUT2D eigenvalue weighted by Crippen LogP contribution is -2.28. The van der Waals surface area contributed by atoms with Crippen LogP contribution in [0.2, 0.25) is 0 Å². The number of rotatable bonds is 7. The number of ether oxygens (including phenoxy) is 3. The molecule has 2 amide bonds. The molecule has 1 aromatic carbocycles. The highest BCUT2D eigenvalue weighted by Crippen LogP contribution is 2.42. The number of hydrogen-bond donors (Lipinski definition) is 1. The van der Waals surface area contributed by atoms with Gasteiger partial charge in [-0.2, -0.15) is 0 Å². The van der Waals surface area contributed by atoms with Gasteiger partial charge in [-0.3, -0.25) is 9.59 Å². The predicted octanol–water partition coefficient (Wildman–Crippen LogP) is 2.17. The second kappa shape index (κ2) is 8.89. The van der Waals surface area contributed by atoms with E-state index in [1.807, 2.05) is 25.1 Å². The number of amides is 2. The molecule has 9 heteroatoms. The summed E-state index contributed by atoms with van der Waals surface area (Å²) in [5.41, 5.74) is 1.17. The Labute approximate surface area is 175 Å². The average Bonchev–Trinajstić information content (AvgIpc) is 3.14. The van der Waals surface area contributed by atoms with Gasteiger partial charge in [-0.1, -0.05) is 0 Å². The molecule has 1 N–H and O–H groups in total. The van der Waals surface area contributed by atoms with Crippen molar-refractivity contribution >= 4 is 29.0 Å². The third-order valence-corrected chi connectivity index (χ3v) is 4.93. The van der Waals surface area contributed by atoms with Crippen LogP contribution in [0.3, 0.4) is 0 Å². The van der Waals surface area contributed by atoms with Crippen molar-refractivity contribution in [2.75, 3.05) is 57.1 Å². The summed E-state index contributed by atoms with van der Waals surface area (Å²) in [6.45, 7) is 0.256. The van der Waals surface area contributed by atoms with Gasteiger partial charge in [-0.15, -0.1) is 0 Å². The number of hydrogen-bond acceptors (Lipinski definition) is 7. The van der Waals surface area contributed by atoms with Gasteiger partial charge in [0.1, 0.15) is 5.82 Å². The maximum absolute atomic E-state index is 12.7. The SMILES string of the molecule is COc1cc(N2CC(C(=O)Nc3ccc(N(C)C)nc3)CC2=O)cc(OC)c1OC. The molecule has 3 rings (SSSR count). The lowest BCUT2D eigenvalue weighted by Gasteiger charge is -2.20. The van der Waals surface area contributed by atoms with Crippen LogP contribution in [0.5, 0.6) is 17.2 Å². The first-order valence-electron chi connectivity index (χ1n) is 9.42. The molecule has 0 spiro atoms. The molecule has 1 atom stereocenters. The first kappa shape index (κ1) is 21.2. The molecule has 1 fully saturated rings. The highest BCUT2D eigenvalue weighted by atomic mass is 16.5. The van der Waals surface area contributed by atoms with Crippen LogP contribution in [0.25, 0.3) is 0 Å². The zero-order valence-corrected chi connectivity index (χ0v) is 17.8. The van der Waals surface area contributed by atoms with Crippen LogP contribution in [-0.2, 0) is 9.59 Å². The Kier molecular flexibility index (Phi) is 6.29. The minimum Gasteiger partial charge on any atom is -0.493 e. The first-order valence-corrected chi connectivity index (χ1v) is 9.42. The number of nitrogens with one attached hydrogen (secondary N) is 1. The van der Waals surface area contributed by atoms with Crippen LogP contribution in [-0.4, -0.2) is 58.8 Å². The number of carbonyl (C=O) groups is 2. The molecule has 0 bridgehead atoms. The van der Waals surface area contributed by atoms with Gasteiger partial charge in [0.25, 0.3) is 0 Å². The maximum Gasteiger partial charge on any atom is 0.229 e. The minimum absolute atomic E-state index is 0.117. The molecule has 0 saturated carbocycles. The van der Waals surface area contributed by atoms with Gasteiger partial charge in [0.05, 0.1) is 44.8 Å². The van der Waals surface area contributed by atoms with E-state index in [0.29, 0.717) is 28.6 Å². The number of carbonyl (C=O) groups excluding carboxylic acids is 2. The zero-order valence-electron chi connectivity index (χ0n) is 17.8. The van der Waals surface area contributed by atoms with Gasteiger partial charge < -0.3 is 29.3 Å². The van der Waals surface area contributed by atoms with Crippen LogP contribution in [0.4, 0.5) is 17.2 Å². The number of aromatic nitrogens is 1. The Bertz CT molecular complexity index is 904. The monoisotopic (exact) mass is 414 g/mol. The third kappa shape index (κ3) is 4.24. The molecule has 1 aliphatic heterocycles. The van der Waals surface area contributed by atoms with Gasteiger partial charge in [0, 0.05) is 39.2 Å². The van der Waals surface area contributed by atoms with Crippen LogP contribution in [0.15, 0.2) is 30.5 Å². The van der Waals surface area contributed by atoms with E-state index in [1.54, 1.807) is 29.3 Å². The molecule has 2 heterocycles. The number of pyridine rings is 1. The molecular formula is C21H26N4O5. The molecule has 30 heavy (non-hydrogen) atoms. The summed E-state index contributed by atoms with van der Waals surface area (Å²) < 4.78 is 16.0. The van der Waals surface area contributed by atoms with Gasteiger partial charge >= 0.3 is 0 Å². The predicted molar refractivity (Wildman–Crippen MR) is 114 cm³/mol. The summed E-state index contributed by atoms with van der Waals surface area (Å²) in [7, 11) is 8.32. The van der Waals surface area contributed by atoms with Gasteiger partial charge in [0.15, 0.2) is 11.5 Å². The summed E-state index contributed by atoms with van der Waals surface area (Å²) in [5, 5.41) is 2.84. The van der Waals surface area contributed by atoms with Gasteiger partial charge in [0.2, 0.25) is 17.6 Å². The van der Waals surface area contributed by atoms with E-state index >= 15 is 0 Å². The Morgan fingerprint density at radius 1 is 1.13 bits per heavy atom. The van der Waals surface area contributed by atoms with E-state index in [1.165, 1.54) is 21.3 Å². The van der Waals surface area contributed by atoms with E-state index in [4.69, 9.17) is 14.2 Å². The Morgan fingerprint density at radius 2 is 1.80 bits per heavy atom. The molecule has 0 radical (unpaired) electrons. The molecule has 0 aliphatic carbocycles. The Hall–Kier alpha value is -3.49. The lowest BCUT2D eigenvalue weighted by atomic mass is 10.1. The van der Waals surface area contributed by atoms with E-state index in [0.717, 1.165) is 5.82 Å². The molecule has 1 unspecified atom stereocenters. The Balaban J connectivity index is 1.75. The molecular weight excluding hydrogens is 388 g/mol. The van der Waals surface area contributed by atoms with Crippen molar-refractivity contribution in [1.29, 1.82) is 0 Å². The summed E-state index contributed by atoms with van der Waals surface area (Å²) in [6, 6.07) is 7.00. The zero-order chi connectivity index (χ0) is 21.8. The molecule has 160 valence electrons. The van der Waals surface area contributed by atoms with E-state index in [9.17, 15) is 9.59 Å². The Morgan fingerprint density at radius 3 is 2.30 bits per heavy atom. The van der Waals surface area contributed by atoms with Crippen LogP contribution in [0.1, 0.15) is 6.42 Å². The smallest absolute Gasteiger partial charge is 0.229 e. The minimum atomic E-state index is -0.481. The van der Waals surface area contributed by atoms with Gasteiger partial charge in [-0.25, -0.2) is 4.98 Å². The number of nitrogens with zero attached hydrogens (tertiary/aromatic N) is 3. The van der Waals surface area contributed by atoms with Crippen LogP contribution >= 0.6 is 0 Å². The first-order chi connectivity index (χ1) is 14.4. The summed E-state index contributed by atoms with van der Waals surface area (Å²) in [4.78, 5) is 33.0. The van der Waals surface area contributed by atoms with E-state index in [2.05, 4.69) is 10.3 Å². The van der Waals surface area contributed by atoms with Crippen molar-refractivity contribution in [2.45, 2.75) is 6.42 Å². The normalized spacial score (nSPS) is 15.7. The maximum atomic E-state index is 12.7. The molecule has 1 saturated heterocycles. The van der Waals surface area contributed by atoms with Crippen LogP contribution in [0, 0.1) is 5.92 Å². The molecule has 9 nitrogen and oxygen atoms in total. The summed E-state index contributed by atoms with van der Waals surface area (Å²) in [5.74, 6) is 1.27. The van der Waals surface area contributed by atoms with Gasteiger partial charge in [-0.05, 0) is 12.1 Å². The van der Waals surface area contributed by atoms with Crippen molar-refractivity contribution in [3.05, 3.63) is 30.5 Å². The highest BCUT2D eigenvalue weighted by Gasteiger charge is 2.36. The largest absolute Gasteiger partial charge is 0.493 e. The summed E-state index contributed by atoms with van der Waals surface area (Å²) >= 11 is 0. The average molecular weight is 414 g/mol. The fourth-order valence-corrected chi connectivity index (χ4v) is 3.32. The summed E-state index contributed by atoms with van der Waals surface area (Å²) in [6.07, 6.45) is 1.71. The fraction of sp³-hybridized carbons (Fsp3) is 0.381. The van der Waals surface area contributed by atoms with Crippen molar-refractivity contribution in [1.82, 2.24) is 4.98 Å². The van der Waals surface area contributed by atoms with Crippen molar-refractivity contribution in [3.8, 4) is 17.2 Å². The van der Waals surface area contributed by atoms with Crippen molar-refractivity contribution in [3.63, 3.8) is 0 Å². The highest BCUT2D eigenvalue weighted by molar-refractivity contribution is 6.03. The number of methoxy groups -OCH3 is 3. The second-order valence-electron chi connectivity index (χ2n) is 7.08. The quantitative estimate of drug-likeness (QED) is 0.742. The number of anilines is 3. The molecule has 2 aromatic rings. The fourth-order valence-electron chi connectivity index (χ4n) is 3.32. The van der Waals surface area contributed by atoms with Crippen molar-refractivity contribution < 1.29 is 23.8 Å². The van der Waals surface area contributed by atoms with E-state index < -0.39 is 5.92 Å². The van der Waals surface area contributed by atoms with Crippen LogP contribution < -0.4 is 29.3 Å². The number of benzene rings is 1. The third-order valence-electron chi connectivity index (χ3n) is 4.93. The standard InChI is InChI=1S/C21H26N4O5/c1-24(2)18-7-6-14(11-22-18)23-21(27)13-8-19(26)25(12-13)15-9-16(28-3)20(30-5)17(10-15)29-4/h6-7,9-11,13H,8,12H2,1-5H3,(H,23,27). The van der Waals surface area contributed by atoms with E-state index in [-0.39, 0.29) is 24.8 Å². The molecule has 1 aromatic heterocycles. The lowest BCUT2D eigenvalue weighted by molar-refractivity contribution is -0.122. The topological polar surface area (TPSA) is 93.2 Å².